The summed E-state index contributed by atoms with van der Waals surface area (Å²) >= 11 is 1.39. The highest BCUT2D eigenvalue weighted by molar-refractivity contribution is 7.99. The molecule has 0 spiro atoms. The Morgan fingerprint density at radius 2 is 2.07 bits per heavy atom. The average molecular weight is 419 g/mol. The van der Waals surface area contributed by atoms with Crippen molar-refractivity contribution in [1.82, 2.24) is 20.1 Å². The van der Waals surface area contributed by atoms with Crippen molar-refractivity contribution >= 4 is 17.7 Å². The van der Waals surface area contributed by atoms with E-state index in [-0.39, 0.29) is 12.0 Å². The fourth-order valence-corrected chi connectivity index (χ4v) is 4.24. The van der Waals surface area contributed by atoms with E-state index in [9.17, 15) is 4.79 Å². The third-order valence-electron chi connectivity index (χ3n) is 4.92. The molecule has 1 fully saturated rings. The monoisotopic (exact) mass is 418 g/mol. The van der Waals surface area contributed by atoms with Crippen molar-refractivity contribution in [2.75, 3.05) is 32.1 Å². The highest BCUT2D eigenvalue weighted by atomic mass is 32.2. The molecule has 0 aliphatic carbocycles. The normalized spacial score (nSPS) is 18.4. The number of carbonyl (C=O) groups excluding carboxylic acids is 1. The third kappa shape index (κ3) is 4.84. The smallest absolute Gasteiger partial charge is 0.230 e. The lowest BCUT2D eigenvalue weighted by Gasteiger charge is -2.11. The average Bonchev–Trinajstić information content (AvgIpc) is 3.34. The summed E-state index contributed by atoms with van der Waals surface area (Å²) in [5.74, 6) is 2.52. The summed E-state index contributed by atoms with van der Waals surface area (Å²) < 4.78 is 19.0. The van der Waals surface area contributed by atoms with Crippen LogP contribution in [-0.2, 0) is 16.1 Å². The van der Waals surface area contributed by atoms with Crippen molar-refractivity contribution in [3.05, 3.63) is 18.2 Å². The Morgan fingerprint density at radius 1 is 1.21 bits per heavy atom. The Hall–Kier alpha value is -2.26. The van der Waals surface area contributed by atoms with E-state index >= 15 is 0 Å². The molecule has 1 atom stereocenters. The fraction of sp³-hybridized carbons (Fsp3) is 0.550. The quantitative estimate of drug-likeness (QED) is 0.691. The van der Waals surface area contributed by atoms with E-state index in [0.717, 1.165) is 53.9 Å². The third-order valence-corrected chi connectivity index (χ3v) is 5.89. The summed E-state index contributed by atoms with van der Waals surface area (Å²) in [4.78, 5) is 12.2. The lowest BCUT2D eigenvalue weighted by molar-refractivity contribution is -0.119. The molecule has 1 N–H and O–H groups in total. The van der Waals surface area contributed by atoms with Crippen molar-refractivity contribution in [3.63, 3.8) is 0 Å². The molecule has 2 aliphatic heterocycles. The van der Waals surface area contributed by atoms with Crippen LogP contribution in [0, 0.1) is 0 Å². The first-order valence-corrected chi connectivity index (χ1v) is 11.1. The minimum Gasteiger partial charge on any atom is -0.490 e. The van der Waals surface area contributed by atoms with Crippen molar-refractivity contribution in [2.24, 2.45) is 0 Å². The summed E-state index contributed by atoms with van der Waals surface area (Å²) in [5.41, 5.74) is 0.915. The van der Waals surface area contributed by atoms with E-state index in [1.165, 1.54) is 11.8 Å². The van der Waals surface area contributed by atoms with Crippen LogP contribution in [-0.4, -0.2) is 58.9 Å². The van der Waals surface area contributed by atoms with Crippen molar-refractivity contribution < 1.29 is 19.0 Å². The standard InChI is InChI=1S/C20H26N4O4S/c1-2-24-19(14-6-7-16-17(11-14)28-10-4-9-27-16)22-23-20(24)29-13-18(25)21-12-15-5-3-8-26-15/h6-7,11,15H,2-5,8-10,12-13H2,1H3,(H,21,25)/t15-/m1/s1. The SMILES string of the molecule is CCn1c(SCC(=O)NC[C@H]2CCCO2)nnc1-c1ccc2c(c1)OCCCO2. The predicted molar refractivity (Wildman–Crippen MR) is 109 cm³/mol. The number of ether oxygens (including phenoxy) is 3. The number of nitrogens with zero attached hydrogens (tertiary/aromatic N) is 3. The van der Waals surface area contributed by atoms with Gasteiger partial charge < -0.3 is 24.1 Å². The number of fused-ring (bicyclic) bond motifs is 1. The van der Waals surface area contributed by atoms with Gasteiger partial charge in [0.2, 0.25) is 5.91 Å². The molecule has 1 aromatic carbocycles. The van der Waals surface area contributed by atoms with Crippen molar-refractivity contribution in [3.8, 4) is 22.9 Å². The Morgan fingerprint density at radius 3 is 2.86 bits per heavy atom. The Labute approximate surface area is 174 Å². The summed E-state index contributed by atoms with van der Waals surface area (Å²) in [6.07, 6.45) is 3.09. The molecule has 0 radical (unpaired) electrons. The van der Waals surface area contributed by atoms with Crippen molar-refractivity contribution in [1.29, 1.82) is 0 Å². The maximum Gasteiger partial charge on any atom is 0.230 e. The molecule has 1 aromatic heterocycles. The first-order chi connectivity index (χ1) is 14.2. The first kappa shape index (κ1) is 20.0. The number of amides is 1. The minimum atomic E-state index is -0.0201. The summed E-state index contributed by atoms with van der Waals surface area (Å²) in [7, 11) is 0. The van der Waals surface area contributed by atoms with Crippen LogP contribution in [0.1, 0.15) is 26.2 Å². The second-order valence-electron chi connectivity index (χ2n) is 6.99. The molecule has 1 saturated heterocycles. The highest BCUT2D eigenvalue weighted by Crippen LogP contribution is 2.34. The molecule has 0 unspecified atom stereocenters. The second kappa shape index (κ2) is 9.49. The summed E-state index contributed by atoms with van der Waals surface area (Å²) in [6, 6.07) is 5.82. The number of thioether (sulfide) groups is 1. The Bertz CT molecular complexity index is 851. The molecule has 29 heavy (non-hydrogen) atoms. The van der Waals surface area contributed by atoms with Gasteiger partial charge in [0.05, 0.1) is 25.1 Å². The van der Waals surface area contributed by atoms with Gasteiger partial charge in [0.1, 0.15) is 0 Å². The molecule has 4 rings (SSSR count). The van der Waals surface area contributed by atoms with Gasteiger partial charge in [-0.25, -0.2) is 0 Å². The highest BCUT2D eigenvalue weighted by Gasteiger charge is 2.19. The zero-order valence-corrected chi connectivity index (χ0v) is 17.4. The molecular weight excluding hydrogens is 392 g/mol. The zero-order valence-electron chi connectivity index (χ0n) is 16.6. The lowest BCUT2D eigenvalue weighted by Crippen LogP contribution is -2.32. The van der Waals surface area contributed by atoms with E-state index in [2.05, 4.69) is 15.5 Å². The van der Waals surface area contributed by atoms with Crippen LogP contribution in [0.5, 0.6) is 11.5 Å². The summed E-state index contributed by atoms with van der Waals surface area (Å²) in [5, 5.41) is 12.3. The van der Waals surface area contributed by atoms with Gasteiger partial charge in [-0.05, 0) is 38.0 Å². The van der Waals surface area contributed by atoms with Gasteiger partial charge in [0.15, 0.2) is 22.5 Å². The van der Waals surface area contributed by atoms with E-state index in [0.29, 0.717) is 32.1 Å². The van der Waals surface area contributed by atoms with Crippen LogP contribution < -0.4 is 14.8 Å². The number of hydrogen-bond acceptors (Lipinski definition) is 7. The number of rotatable bonds is 7. The molecule has 156 valence electrons. The second-order valence-corrected chi connectivity index (χ2v) is 7.93. The van der Waals surface area contributed by atoms with E-state index in [1.807, 2.05) is 29.7 Å². The van der Waals surface area contributed by atoms with Crippen LogP contribution in [0.15, 0.2) is 23.4 Å². The molecule has 0 bridgehead atoms. The molecule has 3 heterocycles. The van der Waals surface area contributed by atoms with Crippen LogP contribution in [0.2, 0.25) is 0 Å². The van der Waals surface area contributed by atoms with Gasteiger partial charge in [-0.1, -0.05) is 11.8 Å². The molecule has 1 amide bonds. The largest absolute Gasteiger partial charge is 0.490 e. The molecule has 9 heteroatoms. The van der Waals surface area contributed by atoms with Crippen molar-refractivity contribution in [2.45, 2.75) is 44.0 Å². The molecule has 2 aromatic rings. The number of benzene rings is 1. The van der Waals surface area contributed by atoms with Gasteiger partial charge in [0, 0.05) is 31.7 Å². The predicted octanol–water partition coefficient (Wildman–Crippen LogP) is 2.51. The Kier molecular flexibility index (Phi) is 6.56. The molecule has 0 saturated carbocycles. The van der Waals surface area contributed by atoms with E-state index in [4.69, 9.17) is 14.2 Å². The van der Waals surface area contributed by atoms with Gasteiger partial charge in [-0.15, -0.1) is 10.2 Å². The molecule has 2 aliphatic rings. The van der Waals surface area contributed by atoms with Crippen LogP contribution in [0.4, 0.5) is 0 Å². The topological polar surface area (TPSA) is 87.5 Å². The number of aromatic nitrogens is 3. The summed E-state index contributed by atoms with van der Waals surface area (Å²) in [6.45, 7) is 5.40. The number of hydrogen-bond donors (Lipinski definition) is 1. The van der Waals surface area contributed by atoms with Crippen LogP contribution in [0.25, 0.3) is 11.4 Å². The van der Waals surface area contributed by atoms with Gasteiger partial charge in [-0.2, -0.15) is 0 Å². The first-order valence-electron chi connectivity index (χ1n) is 10.1. The van der Waals surface area contributed by atoms with Gasteiger partial charge in [-0.3, -0.25) is 4.79 Å². The minimum absolute atomic E-state index is 0.0201. The van der Waals surface area contributed by atoms with E-state index in [1.54, 1.807) is 0 Å². The fourth-order valence-electron chi connectivity index (χ4n) is 3.41. The Balaban J connectivity index is 1.41. The number of nitrogens with one attached hydrogen (secondary N) is 1. The lowest BCUT2D eigenvalue weighted by atomic mass is 10.2. The van der Waals surface area contributed by atoms with Gasteiger partial charge in [0.25, 0.3) is 0 Å². The maximum atomic E-state index is 12.2. The van der Waals surface area contributed by atoms with Gasteiger partial charge >= 0.3 is 0 Å². The maximum absolute atomic E-state index is 12.2. The van der Waals surface area contributed by atoms with Crippen LogP contribution in [0.3, 0.4) is 0 Å². The molecular formula is C20H26N4O4S. The van der Waals surface area contributed by atoms with Crippen LogP contribution >= 0.6 is 11.8 Å². The number of carbonyl (C=O) groups is 1. The van der Waals surface area contributed by atoms with E-state index < -0.39 is 0 Å². The molecule has 8 nitrogen and oxygen atoms in total. The zero-order chi connectivity index (χ0) is 20.1.